The second kappa shape index (κ2) is 8.02. The summed E-state index contributed by atoms with van der Waals surface area (Å²) < 4.78 is 5.87. The third-order valence-corrected chi connectivity index (χ3v) is 5.83. The summed E-state index contributed by atoms with van der Waals surface area (Å²) in [6, 6.07) is 9.79. The van der Waals surface area contributed by atoms with Crippen molar-refractivity contribution in [3.63, 3.8) is 0 Å². The van der Waals surface area contributed by atoms with Gasteiger partial charge in [0, 0.05) is 30.6 Å². The standard InChI is InChI=1S/C19H30N2OS/c1-15-12-21(13-16(2)22-15)18-8-10-20(11-9-18)14-17-4-6-19(23-3)7-5-17/h4-7,15-16,18H,8-14H2,1-3H3/t15-,16-/m0/s1. The number of nitrogens with zero attached hydrogens (tertiary/aromatic N) is 2. The van der Waals surface area contributed by atoms with Crippen LogP contribution in [0, 0.1) is 0 Å². The minimum atomic E-state index is 0.381. The fourth-order valence-electron chi connectivity index (χ4n) is 3.95. The molecule has 1 aromatic rings. The van der Waals surface area contributed by atoms with Gasteiger partial charge in [-0.05, 0) is 63.7 Å². The summed E-state index contributed by atoms with van der Waals surface area (Å²) in [5.41, 5.74) is 1.44. The topological polar surface area (TPSA) is 15.7 Å². The molecule has 2 fully saturated rings. The first-order valence-corrected chi connectivity index (χ1v) is 10.1. The van der Waals surface area contributed by atoms with Crippen molar-refractivity contribution in [3.8, 4) is 0 Å². The molecule has 2 saturated heterocycles. The molecule has 0 aromatic heterocycles. The lowest BCUT2D eigenvalue weighted by Gasteiger charge is -2.43. The third kappa shape index (κ3) is 4.72. The smallest absolute Gasteiger partial charge is 0.0678 e. The Morgan fingerprint density at radius 3 is 2.22 bits per heavy atom. The van der Waals surface area contributed by atoms with Gasteiger partial charge < -0.3 is 4.74 Å². The molecule has 0 spiro atoms. The summed E-state index contributed by atoms with van der Waals surface area (Å²) in [4.78, 5) is 6.63. The van der Waals surface area contributed by atoms with Crippen molar-refractivity contribution in [1.29, 1.82) is 0 Å². The molecule has 0 N–H and O–H groups in total. The zero-order valence-electron chi connectivity index (χ0n) is 14.7. The first kappa shape index (κ1) is 17.3. The van der Waals surface area contributed by atoms with Crippen LogP contribution in [-0.2, 0) is 11.3 Å². The van der Waals surface area contributed by atoms with Crippen LogP contribution in [0.3, 0.4) is 0 Å². The predicted octanol–water partition coefficient (Wildman–Crippen LogP) is 3.48. The molecule has 2 aliphatic heterocycles. The molecule has 3 nitrogen and oxygen atoms in total. The summed E-state index contributed by atoms with van der Waals surface area (Å²) in [5, 5.41) is 0. The van der Waals surface area contributed by atoms with Gasteiger partial charge in [-0.1, -0.05) is 12.1 Å². The van der Waals surface area contributed by atoms with E-state index in [0.29, 0.717) is 12.2 Å². The summed E-state index contributed by atoms with van der Waals surface area (Å²) in [7, 11) is 0. The van der Waals surface area contributed by atoms with Crippen molar-refractivity contribution in [2.45, 2.75) is 56.4 Å². The maximum Gasteiger partial charge on any atom is 0.0678 e. The van der Waals surface area contributed by atoms with E-state index in [1.165, 1.54) is 36.4 Å². The lowest BCUT2D eigenvalue weighted by atomic mass is 10.0. The van der Waals surface area contributed by atoms with Crippen molar-refractivity contribution >= 4 is 11.8 Å². The fraction of sp³-hybridized carbons (Fsp3) is 0.684. The number of piperidine rings is 1. The highest BCUT2D eigenvalue weighted by molar-refractivity contribution is 7.98. The van der Waals surface area contributed by atoms with Crippen LogP contribution in [0.25, 0.3) is 0 Å². The van der Waals surface area contributed by atoms with E-state index in [9.17, 15) is 0 Å². The summed E-state index contributed by atoms with van der Waals surface area (Å²) in [6.07, 6.45) is 5.48. The normalized spacial score (nSPS) is 28.1. The highest BCUT2D eigenvalue weighted by atomic mass is 32.2. The summed E-state index contributed by atoms with van der Waals surface area (Å²) in [5.74, 6) is 0. The van der Waals surface area contributed by atoms with Crippen molar-refractivity contribution in [1.82, 2.24) is 9.80 Å². The molecule has 0 aliphatic carbocycles. The van der Waals surface area contributed by atoms with Crippen LogP contribution in [0.4, 0.5) is 0 Å². The lowest BCUT2D eigenvalue weighted by molar-refractivity contribution is -0.0865. The minimum Gasteiger partial charge on any atom is -0.373 e. The number of rotatable bonds is 4. The highest BCUT2D eigenvalue weighted by Crippen LogP contribution is 2.23. The Morgan fingerprint density at radius 1 is 1.04 bits per heavy atom. The zero-order valence-corrected chi connectivity index (χ0v) is 15.5. The van der Waals surface area contributed by atoms with E-state index in [1.54, 1.807) is 0 Å². The number of hydrogen-bond donors (Lipinski definition) is 0. The van der Waals surface area contributed by atoms with Gasteiger partial charge in [-0.3, -0.25) is 9.80 Å². The highest BCUT2D eigenvalue weighted by Gasteiger charge is 2.30. The van der Waals surface area contributed by atoms with Crippen LogP contribution in [0.2, 0.25) is 0 Å². The summed E-state index contributed by atoms with van der Waals surface area (Å²) >= 11 is 1.81. The Hall–Kier alpha value is -0.550. The lowest BCUT2D eigenvalue weighted by Crippen LogP contribution is -2.53. The number of hydrogen-bond acceptors (Lipinski definition) is 4. The summed E-state index contributed by atoms with van der Waals surface area (Å²) in [6.45, 7) is 10.1. The average Bonchev–Trinajstić information content (AvgIpc) is 2.55. The number of thioether (sulfide) groups is 1. The van der Waals surface area contributed by atoms with Crippen molar-refractivity contribution in [2.75, 3.05) is 32.4 Å². The first-order valence-electron chi connectivity index (χ1n) is 8.89. The molecule has 23 heavy (non-hydrogen) atoms. The van der Waals surface area contributed by atoms with Crippen molar-refractivity contribution in [3.05, 3.63) is 29.8 Å². The molecule has 0 amide bonds. The van der Waals surface area contributed by atoms with Gasteiger partial charge >= 0.3 is 0 Å². The molecule has 128 valence electrons. The van der Waals surface area contributed by atoms with Crippen LogP contribution in [0.15, 0.2) is 29.2 Å². The third-order valence-electron chi connectivity index (χ3n) is 5.09. The van der Waals surface area contributed by atoms with Crippen LogP contribution >= 0.6 is 11.8 Å². The number of likely N-dealkylation sites (tertiary alicyclic amines) is 1. The Balaban J connectivity index is 1.48. The molecule has 0 unspecified atom stereocenters. The molecule has 2 aliphatic rings. The molecule has 2 heterocycles. The largest absolute Gasteiger partial charge is 0.373 e. The minimum absolute atomic E-state index is 0.381. The number of benzene rings is 1. The van der Waals surface area contributed by atoms with Gasteiger partial charge in [0.2, 0.25) is 0 Å². The molecule has 1 aromatic carbocycles. The van der Waals surface area contributed by atoms with E-state index in [-0.39, 0.29) is 0 Å². The van der Waals surface area contributed by atoms with Gasteiger partial charge in [0.1, 0.15) is 0 Å². The van der Waals surface area contributed by atoms with Gasteiger partial charge in [-0.15, -0.1) is 11.8 Å². The molecule has 0 saturated carbocycles. The van der Waals surface area contributed by atoms with E-state index in [1.807, 2.05) is 11.8 Å². The Labute approximate surface area is 145 Å². The molecule has 4 heteroatoms. The molecule has 0 bridgehead atoms. The maximum absolute atomic E-state index is 5.87. The van der Waals surface area contributed by atoms with Crippen molar-refractivity contribution in [2.24, 2.45) is 0 Å². The van der Waals surface area contributed by atoms with Crippen molar-refractivity contribution < 1.29 is 4.74 Å². The molecular weight excluding hydrogens is 304 g/mol. The molecule has 2 atom stereocenters. The zero-order chi connectivity index (χ0) is 16.2. The predicted molar refractivity (Wildman–Crippen MR) is 98.1 cm³/mol. The fourth-order valence-corrected chi connectivity index (χ4v) is 4.36. The second-order valence-electron chi connectivity index (χ2n) is 7.07. The Morgan fingerprint density at radius 2 is 1.65 bits per heavy atom. The first-order chi connectivity index (χ1) is 11.1. The number of ether oxygens (including phenoxy) is 1. The van der Waals surface area contributed by atoms with E-state index >= 15 is 0 Å². The van der Waals surface area contributed by atoms with Crippen LogP contribution < -0.4 is 0 Å². The SMILES string of the molecule is CSc1ccc(CN2CCC(N3C[C@H](C)O[C@@H](C)C3)CC2)cc1. The monoisotopic (exact) mass is 334 g/mol. The molecule has 3 rings (SSSR count). The molecule has 0 radical (unpaired) electrons. The molecular formula is C19H30N2OS. The van der Waals surface area contributed by atoms with Crippen LogP contribution in [0.1, 0.15) is 32.3 Å². The number of morpholine rings is 1. The van der Waals surface area contributed by atoms with E-state index in [2.05, 4.69) is 54.2 Å². The second-order valence-corrected chi connectivity index (χ2v) is 7.95. The van der Waals surface area contributed by atoms with Gasteiger partial charge in [0.25, 0.3) is 0 Å². The van der Waals surface area contributed by atoms with E-state index < -0.39 is 0 Å². The Bertz CT molecular complexity index is 475. The average molecular weight is 335 g/mol. The maximum atomic E-state index is 5.87. The van der Waals surface area contributed by atoms with Gasteiger partial charge in [-0.2, -0.15) is 0 Å². The van der Waals surface area contributed by atoms with E-state index in [4.69, 9.17) is 4.74 Å². The van der Waals surface area contributed by atoms with Crippen LogP contribution in [0.5, 0.6) is 0 Å². The quantitative estimate of drug-likeness (QED) is 0.783. The van der Waals surface area contributed by atoms with Gasteiger partial charge in [0.15, 0.2) is 0 Å². The van der Waals surface area contributed by atoms with Gasteiger partial charge in [0.05, 0.1) is 12.2 Å². The van der Waals surface area contributed by atoms with Gasteiger partial charge in [-0.25, -0.2) is 0 Å². The van der Waals surface area contributed by atoms with Crippen LogP contribution in [-0.4, -0.2) is 60.5 Å². The van der Waals surface area contributed by atoms with E-state index in [0.717, 1.165) is 25.7 Å². The Kier molecular flexibility index (Phi) is 6.02.